The Kier molecular flexibility index (Phi) is 10.1. The van der Waals surface area contributed by atoms with Crippen molar-refractivity contribution in [2.45, 2.75) is 64.2 Å². The van der Waals surface area contributed by atoms with Crippen molar-refractivity contribution in [1.29, 1.82) is 0 Å². The van der Waals surface area contributed by atoms with Gasteiger partial charge in [-0.3, -0.25) is 14.4 Å². The van der Waals surface area contributed by atoms with Gasteiger partial charge in [-0.15, -0.1) is 6.58 Å². The lowest BCUT2D eigenvalue weighted by atomic mass is 9.81. The topological polar surface area (TPSA) is 200 Å². The van der Waals surface area contributed by atoms with Crippen LogP contribution in [0.3, 0.4) is 0 Å². The summed E-state index contributed by atoms with van der Waals surface area (Å²) >= 11 is 0. The molecule has 2 fully saturated rings. The first-order valence-corrected chi connectivity index (χ1v) is 13.6. The van der Waals surface area contributed by atoms with Gasteiger partial charge in [0.1, 0.15) is 18.3 Å². The number of cyclic esters (lactones) is 1. The van der Waals surface area contributed by atoms with E-state index in [0.29, 0.717) is 6.42 Å². The first-order chi connectivity index (χ1) is 20.9. The minimum atomic E-state index is -1.60. The maximum Gasteiger partial charge on any atom is 0.342 e. The molecule has 4 rings (SSSR count). The van der Waals surface area contributed by atoms with Gasteiger partial charge in [0.25, 0.3) is 0 Å². The van der Waals surface area contributed by atoms with Crippen LogP contribution in [0, 0.1) is 11.8 Å². The summed E-state index contributed by atoms with van der Waals surface area (Å²) in [6.07, 6.45) is -5.69. The van der Waals surface area contributed by atoms with Crippen LogP contribution < -0.4 is 0 Å². The number of esters is 5. The second-order valence-electron chi connectivity index (χ2n) is 10.1. The average molecular weight is 621 g/mol. The van der Waals surface area contributed by atoms with Gasteiger partial charge >= 0.3 is 29.8 Å². The number of fused-ring (bicyclic) bond motifs is 1. The van der Waals surface area contributed by atoms with Crippen LogP contribution in [0.15, 0.2) is 42.7 Å². The van der Waals surface area contributed by atoms with E-state index in [0.717, 1.165) is 32.9 Å². The predicted molar refractivity (Wildman–Crippen MR) is 142 cm³/mol. The maximum atomic E-state index is 13.2. The third kappa shape index (κ3) is 7.11. The molecule has 2 saturated heterocycles. The zero-order chi connectivity index (χ0) is 32.1. The van der Waals surface area contributed by atoms with E-state index in [4.69, 9.17) is 37.9 Å². The summed E-state index contributed by atoms with van der Waals surface area (Å²) in [5.74, 6) is -6.54. The van der Waals surface area contributed by atoms with Crippen molar-refractivity contribution in [3.05, 3.63) is 48.3 Å². The minimum absolute atomic E-state index is 0.161. The van der Waals surface area contributed by atoms with Crippen LogP contribution in [-0.4, -0.2) is 90.3 Å². The molecule has 3 aliphatic heterocycles. The van der Waals surface area contributed by atoms with Gasteiger partial charge in [-0.1, -0.05) is 12.1 Å². The number of hydrogen-bond acceptors (Lipinski definition) is 15. The Morgan fingerprint density at radius 1 is 0.977 bits per heavy atom. The Morgan fingerprint density at radius 2 is 1.68 bits per heavy atom. The van der Waals surface area contributed by atoms with Crippen LogP contribution >= 0.6 is 0 Å². The number of para-hydroxylation sites is 1. The third-order valence-electron chi connectivity index (χ3n) is 7.07. The van der Waals surface area contributed by atoms with Crippen LogP contribution in [0.25, 0.3) is 0 Å². The molecule has 1 aromatic rings. The lowest BCUT2D eigenvalue weighted by Crippen LogP contribution is -2.63. The number of aromatic hydroxyl groups is 2. The Bertz CT molecular complexity index is 1340. The highest BCUT2D eigenvalue weighted by Crippen LogP contribution is 2.40. The van der Waals surface area contributed by atoms with Crippen molar-refractivity contribution < 1.29 is 72.1 Å². The molecule has 0 aromatic heterocycles. The normalized spacial score (nSPS) is 29.4. The molecule has 0 saturated carbocycles. The fourth-order valence-corrected chi connectivity index (χ4v) is 5.14. The summed E-state index contributed by atoms with van der Waals surface area (Å²) in [6, 6.07) is 3.58. The molecule has 15 heteroatoms. The van der Waals surface area contributed by atoms with Crippen molar-refractivity contribution in [3.63, 3.8) is 0 Å². The Hall–Kier alpha value is -4.63. The summed E-state index contributed by atoms with van der Waals surface area (Å²) < 4.78 is 44.6. The molecular weight excluding hydrogens is 588 g/mol. The van der Waals surface area contributed by atoms with Gasteiger partial charge < -0.3 is 48.1 Å². The molecule has 2 N–H and O–H groups in total. The van der Waals surface area contributed by atoms with Crippen LogP contribution in [-0.2, 0) is 57.1 Å². The number of phenolic OH excluding ortho intramolecular Hbond substituents is 2. The largest absolute Gasteiger partial charge is 0.504 e. The molecule has 1 aromatic carbocycles. The molecule has 0 radical (unpaired) electrons. The zero-order valence-corrected chi connectivity index (χ0v) is 24.0. The SMILES string of the molecule is C=C[C@H]1[C@H](O[C@@H]2O[C@H](COC(C)=O)[C@@H](OC(=O)c3cccc(O)c3O)[C@H](OC(C)=O)[C@H]2OC(C)=O)OC=C2C(=O)OCC[C@@H]21. The molecule has 3 aliphatic rings. The first kappa shape index (κ1) is 32.3. The van der Waals surface area contributed by atoms with E-state index in [2.05, 4.69) is 6.58 Å². The number of hydrogen-bond donors (Lipinski definition) is 2. The average Bonchev–Trinajstić information content (AvgIpc) is 2.96. The molecule has 3 heterocycles. The molecule has 0 bridgehead atoms. The number of benzene rings is 1. The van der Waals surface area contributed by atoms with Crippen molar-refractivity contribution in [1.82, 2.24) is 0 Å². The number of carbonyl (C=O) groups excluding carboxylic acids is 5. The van der Waals surface area contributed by atoms with Gasteiger partial charge in [-0.2, -0.15) is 0 Å². The van der Waals surface area contributed by atoms with Crippen LogP contribution in [0.4, 0.5) is 0 Å². The predicted octanol–water partition coefficient (Wildman–Crippen LogP) is 1.40. The number of carbonyl (C=O) groups is 5. The van der Waals surface area contributed by atoms with Crippen molar-refractivity contribution in [3.8, 4) is 11.5 Å². The molecule has 44 heavy (non-hydrogen) atoms. The van der Waals surface area contributed by atoms with E-state index in [-0.39, 0.29) is 18.1 Å². The van der Waals surface area contributed by atoms with Crippen molar-refractivity contribution >= 4 is 29.8 Å². The first-order valence-electron chi connectivity index (χ1n) is 13.6. The smallest absolute Gasteiger partial charge is 0.342 e. The zero-order valence-electron chi connectivity index (χ0n) is 24.0. The lowest BCUT2D eigenvalue weighted by Gasteiger charge is -2.46. The molecule has 0 amide bonds. The minimum Gasteiger partial charge on any atom is -0.504 e. The second kappa shape index (κ2) is 13.8. The summed E-state index contributed by atoms with van der Waals surface area (Å²) in [6.45, 7) is 6.70. The Labute approximate surface area is 251 Å². The van der Waals surface area contributed by atoms with E-state index >= 15 is 0 Å². The molecule has 8 atom stereocenters. The molecule has 0 unspecified atom stereocenters. The quantitative estimate of drug-likeness (QED) is 0.174. The number of rotatable bonds is 9. The van der Waals surface area contributed by atoms with Gasteiger partial charge in [0, 0.05) is 32.6 Å². The highest BCUT2D eigenvalue weighted by molar-refractivity contribution is 5.93. The van der Waals surface area contributed by atoms with Gasteiger partial charge in [-0.05, 0) is 18.6 Å². The highest BCUT2D eigenvalue weighted by Gasteiger charge is 2.55. The van der Waals surface area contributed by atoms with E-state index < -0.39 is 96.4 Å². The van der Waals surface area contributed by atoms with Crippen LogP contribution in [0.2, 0.25) is 0 Å². The Morgan fingerprint density at radius 3 is 2.34 bits per heavy atom. The van der Waals surface area contributed by atoms with Crippen molar-refractivity contribution in [2.24, 2.45) is 11.8 Å². The number of ether oxygens (including phenoxy) is 8. The van der Waals surface area contributed by atoms with Crippen LogP contribution in [0.1, 0.15) is 37.6 Å². The second-order valence-corrected chi connectivity index (χ2v) is 10.1. The summed E-state index contributed by atoms with van der Waals surface area (Å²) in [5.41, 5.74) is -0.159. The van der Waals surface area contributed by atoms with E-state index in [1.165, 1.54) is 18.4 Å². The molecule has 15 nitrogen and oxygen atoms in total. The summed E-state index contributed by atoms with van der Waals surface area (Å²) in [5, 5.41) is 20.1. The van der Waals surface area contributed by atoms with Gasteiger partial charge in [0.2, 0.25) is 12.6 Å². The van der Waals surface area contributed by atoms with Crippen LogP contribution in [0.5, 0.6) is 11.5 Å². The van der Waals surface area contributed by atoms with Gasteiger partial charge in [0.05, 0.1) is 18.4 Å². The molecule has 0 spiro atoms. The lowest BCUT2D eigenvalue weighted by molar-refractivity contribution is -0.341. The standard InChI is InChI=1S/C29H32O15/c1-5-16-17-9-10-37-26(35)19(17)11-39-28(16)44-29-25(41-15(4)32)24(40-14(3)31)23(21(42-29)12-38-13(2)30)43-27(36)18-7-6-8-20(33)22(18)34/h5-8,11,16-17,21,23-25,28-29,33-34H,1,9-10,12H2,2-4H3/t16-,17-,21-,23-,24+,25-,28+,29+/m1/s1. The van der Waals surface area contributed by atoms with E-state index in [1.807, 2.05) is 0 Å². The van der Waals surface area contributed by atoms with Crippen molar-refractivity contribution in [2.75, 3.05) is 13.2 Å². The third-order valence-corrected chi connectivity index (χ3v) is 7.07. The molecule has 0 aliphatic carbocycles. The molecular formula is C29H32O15. The van der Waals surface area contributed by atoms with E-state index in [1.54, 1.807) is 0 Å². The fourth-order valence-electron chi connectivity index (χ4n) is 5.14. The van der Waals surface area contributed by atoms with Gasteiger partial charge in [-0.25, -0.2) is 9.59 Å². The molecule has 238 valence electrons. The summed E-state index contributed by atoms with van der Waals surface area (Å²) in [4.78, 5) is 61.6. The highest BCUT2D eigenvalue weighted by atomic mass is 16.8. The fraction of sp³-hybridized carbons (Fsp3) is 0.483. The summed E-state index contributed by atoms with van der Waals surface area (Å²) in [7, 11) is 0. The van der Waals surface area contributed by atoms with Gasteiger partial charge in [0.15, 0.2) is 29.8 Å². The van der Waals surface area contributed by atoms with E-state index in [9.17, 15) is 34.2 Å². The Balaban J connectivity index is 1.70. The monoisotopic (exact) mass is 620 g/mol. The number of phenols is 2. The maximum absolute atomic E-state index is 13.2.